The van der Waals surface area contributed by atoms with Crippen LogP contribution in [0.2, 0.25) is 5.02 Å². The van der Waals surface area contributed by atoms with E-state index in [0.29, 0.717) is 21.9 Å². The van der Waals surface area contributed by atoms with Crippen LogP contribution in [-0.2, 0) is 0 Å². The van der Waals surface area contributed by atoms with Gasteiger partial charge in [0, 0.05) is 0 Å². The Bertz CT molecular complexity index is 704. The van der Waals surface area contributed by atoms with Crippen molar-refractivity contribution in [1.82, 2.24) is 0 Å². The molecule has 0 fully saturated rings. The molecule has 0 radical (unpaired) electrons. The first-order valence-corrected chi connectivity index (χ1v) is 6.23. The lowest BCUT2D eigenvalue weighted by Gasteiger charge is -2.04. The van der Waals surface area contributed by atoms with Gasteiger partial charge in [-0.3, -0.25) is 0 Å². The molecular formula is C16H11ClFNO. The summed E-state index contributed by atoms with van der Waals surface area (Å²) in [6, 6.07) is 13.2. The molecule has 2 rings (SSSR count). The first-order valence-electron chi connectivity index (χ1n) is 5.85. The van der Waals surface area contributed by atoms with Gasteiger partial charge in [-0.05, 0) is 41.5 Å². The molecule has 20 heavy (non-hydrogen) atoms. The fraction of sp³-hybridized carbons (Fsp3) is 0.0625. The minimum Gasteiger partial charge on any atom is -0.495 e. The number of nitriles is 1. The summed E-state index contributed by atoms with van der Waals surface area (Å²) in [6.45, 7) is 0. The van der Waals surface area contributed by atoms with E-state index in [2.05, 4.69) is 6.07 Å². The molecule has 0 spiro atoms. The van der Waals surface area contributed by atoms with Crippen LogP contribution >= 0.6 is 11.6 Å². The summed E-state index contributed by atoms with van der Waals surface area (Å²) in [5, 5.41) is 9.66. The van der Waals surface area contributed by atoms with Gasteiger partial charge in [-0.2, -0.15) is 5.26 Å². The topological polar surface area (TPSA) is 33.0 Å². The molecule has 0 N–H and O–H groups in total. The van der Waals surface area contributed by atoms with Crippen molar-refractivity contribution in [2.75, 3.05) is 7.11 Å². The average Bonchev–Trinajstić information content (AvgIpc) is 2.45. The zero-order chi connectivity index (χ0) is 14.5. The quantitative estimate of drug-likeness (QED) is 0.613. The third-order valence-electron chi connectivity index (χ3n) is 2.74. The van der Waals surface area contributed by atoms with Crippen LogP contribution in [0, 0.1) is 17.1 Å². The number of nitrogens with zero attached hydrogens (tertiary/aromatic N) is 1. The largest absolute Gasteiger partial charge is 0.495 e. The van der Waals surface area contributed by atoms with E-state index < -0.39 is 0 Å². The van der Waals surface area contributed by atoms with Gasteiger partial charge in [0.15, 0.2) is 0 Å². The van der Waals surface area contributed by atoms with Crippen LogP contribution in [-0.4, -0.2) is 7.11 Å². The molecule has 0 saturated carbocycles. The van der Waals surface area contributed by atoms with Gasteiger partial charge in [-0.15, -0.1) is 0 Å². The minimum absolute atomic E-state index is 0.366. The summed E-state index contributed by atoms with van der Waals surface area (Å²) >= 11 is 6.03. The average molecular weight is 288 g/mol. The van der Waals surface area contributed by atoms with Crippen LogP contribution in [0.3, 0.4) is 0 Å². The van der Waals surface area contributed by atoms with Gasteiger partial charge in [0.05, 0.1) is 23.8 Å². The van der Waals surface area contributed by atoms with Crippen LogP contribution in [0.25, 0.3) is 11.6 Å². The Morgan fingerprint density at radius 1 is 1.30 bits per heavy atom. The van der Waals surface area contributed by atoms with E-state index in [0.717, 1.165) is 5.56 Å². The molecule has 0 saturated heterocycles. The van der Waals surface area contributed by atoms with Gasteiger partial charge in [0.1, 0.15) is 11.6 Å². The molecule has 0 aliphatic carbocycles. The molecule has 0 aliphatic rings. The number of ether oxygens (including phenoxy) is 1. The van der Waals surface area contributed by atoms with Crippen LogP contribution in [0.4, 0.5) is 4.39 Å². The van der Waals surface area contributed by atoms with Crippen molar-refractivity contribution in [2.45, 2.75) is 0 Å². The van der Waals surface area contributed by atoms with Crippen molar-refractivity contribution in [1.29, 1.82) is 5.26 Å². The summed E-state index contributed by atoms with van der Waals surface area (Å²) in [5.41, 5.74) is 1.64. The monoisotopic (exact) mass is 287 g/mol. The predicted molar refractivity (Wildman–Crippen MR) is 77.9 cm³/mol. The van der Waals surface area contributed by atoms with E-state index in [1.165, 1.54) is 19.2 Å². The highest BCUT2D eigenvalue weighted by molar-refractivity contribution is 6.32. The molecule has 0 aliphatic heterocycles. The molecular weight excluding hydrogens is 277 g/mol. The summed E-state index contributed by atoms with van der Waals surface area (Å²) in [7, 11) is 1.53. The Kier molecular flexibility index (Phi) is 4.39. The molecule has 0 atom stereocenters. The predicted octanol–water partition coefficient (Wildman–Crippen LogP) is 4.55. The van der Waals surface area contributed by atoms with Crippen LogP contribution < -0.4 is 4.74 Å². The number of benzene rings is 2. The number of allylic oxidation sites excluding steroid dienone is 1. The molecule has 0 amide bonds. The second kappa shape index (κ2) is 6.23. The SMILES string of the molecule is COc1ccc(/C=C(/C#N)c2cccc(F)c2)cc1Cl. The minimum atomic E-state index is -0.378. The Morgan fingerprint density at radius 3 is 2.70 bits per heavy atom. The third kappa shape index (κ3) is 3.17. The molecule has 4 heteroatoms. The lowest BCUT2D eigenvalue weighted by atomic mass is 10.0. The number of halogens is 2. The maximum atomic E-state index is 13.2. The van der Waals surface area contributed by atoms with Gasteiger partial charge < -0.3 is 4.74 Å². The first-order chi connectivity index (χ1) is 9.63. The van der Waals surface area contributed by atoms with E-state index in [1.807, 2.05) is 0 Å². The van der Waals surface area contributed by atoms with Crippen molar-refractivity contribution in [3.63, 3.8) is 0 Å². The van der Waals surface area contributed by atoms with Gasteiger partial charge in [0.25, 0.3) is 0 Å². The maximum Gasteiger partial charge on any atom is 0.137 e. The van der Waals surface area contributed by atoms with E-state index >= 15 is 0 Å². The number of hydrogen-bond donors (Lipinski definition) is 0. The lowest BCUT2D eigenvalue weighted by molar-refractivity contribution is 0.415. The molecule has 0 bridgehead atoms. The van der Waals surface area contributed by atoms with Gasteiger partial charge in [-0.25, -0.2) is 4.39 Å². The second-order valence-electron chi connectivity index (χ2n) is 4.07. The van der Waals surface area contributed by atoms with E-state index in [1.54, 1.807) is 36.4 Å². The molecule has 0 unspecified atom stereocenters. The van der Waals surface area contributed by atoms with Gasteiger partial charge >= 0.3 is 0 Å². The van der Waals surface area contributed by atoms with Crippen molar-refractivity contribution < 1.29 is 9.13 Å². The van der Waals surface area contributed by atoms with Crippen molar-refractivity contribution >= 4 is 23.3 Å². The van der Waals surface area contributed by atoms with Crippen LogP contribution in [0.1, 0.15) is 11.1 Å². The smallest absolute Gasteiger partial charge is 0.137 e. The van der Waals surface area contributed by atoms with Crippen molar-refractivity contribution in [3.8, 4) is 11.8 Å². The summed E-state index contributed by atoms with van der Waals surface area (Å²) in [6.07, 6.45) is 1.65. The highest BCUT2D eigenvalue weighted by Crippen LogP contribution is 2.27. The molecule has 0 heterocycles. The fourth-order valence-electron chi connectivity index (χ4n) is 1.78. The molecule has 0 aromatic heterocycles. The number of hydrogen-bond acceptors (Lipinski definition) is 2. The van der Waals surface area contributed by atoms with Gasteiger partial charge in [-0.1, -0.05) is 29.8 Å². The second-order valence-corrected chi connectivity index (χ2v) is 4.48. The fourth-order valence-corrected chi connectivity index (χ4v) is 2.04. The highest BCUT2D eigenvalue weighted by Gasteiger charge is 2.04. The highest BCUT2D eigenvalue weighted by atomic mass is 35.5. The Balaban J connectivity index is 2.42. The summed E-state index contributed by atoms with van der Waals surface area (Å²) in [4.78, 5) is 0. The zero-order valence-electron chi connectivity index (χ0n) is 10.7. The lowest BCUT2D eigenvalue weighted by Crippen LogP contribution is -1.86. The van der Waals surface area contributed by atoms with Crippen molar-refractivity contribution in [3.05, 3.63) is 64.4 Å². The number of methoxy groups -OCH3 is 1. The Morgan fingerprint density at radius 2 is 2.10 bits per heavy atom. The van der Waals surface area contributed by atoms with Crippen LogP contribution in [0.5, 0.6) is 5.75 Å². The van der Waals surface area contributed by atoms with Gasteiger partial charge in [0.2, 0.25) is 0 Å². The zero-order valence-corrected chi connectivity index (χ0v) is 11.5. The molecule has 100 valence electrons. The third-order valence-corrected chi connectivity index (χ3v) is 3.04. The van der Waals surface area contributed by atoms with Crippen molar-refractivity contribution in [2.24, 2.45) is 0 Å². The standard InChI is InChI=1S/C16H11ClFNO/c1-20-16-6-5-11(8-15(16)17)7-13(10-19)12-3-2-4-14(18)9-12/h2-9H,1H3/b13-7-. The Labute approximate surface area is 121 Å². The van der Waals surface area contributed by atoms with Crippen LogP contribution in [0.15, 0.2) is 42.5 Å². The van der Waals surface area contributed by atoms with E-state index in [-0.39, 0.29) is 5.82 Å². The van der Waals surface area contributed by atoms with E-state index in [4.69, 9.17) is 16.3 Å². The maximum absolute atomic E-state index is 13.2. The molecule has 2 aromatic carbocycles. The summed E-state index contributed by atoms with van der Waals surface area (Å²) in [5.74, 6) is 0.185. The summed E-state index contributed by atoms with van der Waals surface area (Å²) < 4.78 is 18.3. The number of rotatable bonds is 3. The molecule has 2 aromatic rings. The Hall–Kier alpha value is -2.31. The van der Waals surface area contributed by atoms with E-state index in [9.17, 15) is 9.65 Å². The molecule has 2 nitrogen and oxygen atoms in total. The first kappa shape index (κ1) is 14.1. The normalized spacial score (nSPS) is 11.0.